The van der Waals surface area contributed by atoms with Gasteiger partial charge in [0.05, 0.1) is 0 Å². The second-order valence-electron chi connectivity index (χ2n) is 6.80. The zero-order valence-corrected chi connectivity index (χ0v) is 16.9. The Balaban J connectivity index is 1.47. The zero-order valence-electron chi connectivity index (χ0n) is 15.4. The summed E-state index contributed by atoms with van der Waals surface area (Å²) in [7, 11) is 0. The second-order valence-corrected chi connectivity index (χ2v) is 7.65. The van der Waals surface area contributed by atoms with E-state index in [-0.39, 0.29) is 17.7 Å². The lowest BCUT2D eigenvalue weighted by Crippen LogP contribution is -2.42. The number of nitrogens with zero attached hydrogens (tertiary/aromatic N) is 1. The molecule has 4 nitrogen and oxygen atoms in total. The van der Waals surface area contributed by atoms with Crippen molar-refractivity contribution in [2.75, 3.05) is 13.1 Å². The highest BCUT2D eigenvalue weighted by atomic mass is 35.5. The van der Waals surface area contributed by atoms with E-state index in [9.17, 15) is 9.59 Å². The van der Waals surface area contributed by atoms with Gasteiger partial charge in [-0.1, -0.05) is 59.6 Å². The van der Waals surface area contributed by atoms with Crippen LogP contribution < -0.4 is 5.32 Å². The molecule has 1 N–H and O–H groups in total. The summed E-state index contributed by atoms with van der Waals surface area (Å²) in [4.78, 5) is 26.5. The van der Waals surface area contributed by atoms with Gasteiger partial charge in [0.2, 0.25) is 11.8 Å². The normalized spacial score (nSPS) is 15.0. The summed E-state index contributed by atoms with van der Waals surface area (Å²) < 4.78 is 0. The van der Waals surface area contributed by atoms with Crippen LogP contribution in [0, 0.1) is 5.92 Å². The molecule has 0 radical (unpaired) electrons. The molecule has 1 aliphatic rings. The van der Waals surface area contributed by atoms with Gasteiger partial charge in [-0.05, 0) is 42.2 Å². The van der Waals surface area contributed by atoms with E-state index in [4.69, 9.17) is 23.2 Å². The summed E-state index contributed by atoms with van der Waals surface area (Å²) in [6.07, 6.45) is 4.55. The maximum Gasteiger partial charge on any atom is 0.246 e. The van der Waals surface area contributed by atoms with Gasteiger partial charge in [-0.3, -0.25) is 9.59 Å². The molecule has 2 amide bonds. The first-order valence-electron chi connectivity index (χ1n) is 9.26. The lowest BCUT2D eigenvalue weighted by molar-refractivity contribution is -0.132. The van der Waals surface area contributed by atoms with Crippen LogP contribution in [0.1, 0.15) is 24.0 Å². The van der Waals surface area contributed by atoms with Gasteiger partial charge in [0.25, 0.3) is 0 Å². The summed E-state index contributed by atoms with van der Waals surface area (Å²) in [5.74, 6) is -0.0731. The molecule has 0 bridgehead atoms. The monoisotopic (exact) mass is 416 g/mol. The minimum Gasteiger partial charge on any atom is -0.352 e. The number of amides is 2. The Morgan fingerprint density at radius 1 is 1.07 bits per heavy atom. The van der Waals surface area contributed by atoms with Crippen molar-refractivity contribution in [3.63, 3.8) is 0 Å². The average molecular weight is 417 g/mol. The molecule has 3 rings (SSSR count). The van der Waals surface area contributed by atoms with Crippen molar-refractivity contribution in [1.29, 1.82) is 0 Å². The van der Waals surface area contributed by atoms with E-state index in [2.05, 4.69) is 5.32 Å². The smallest absolute Gasteiger partial charge is 0.246 e. The van der Waals surface area contributed by atoms with Crippen LogP contribution in [0.25, 0.3) is 6.08 Å². The first kappa shape index (κ1) is 20.4. The molecule has 28 heavy (non-hydrogen) atoms. The average Bonchev–Trinajstić information content (AvgIpc) is 2.72. The summed E-state index contributed by atoms with van der Waals surface area (Å²) in [6, 6.07) is 15.0. The van der Waals surface area contributed by atoms with E-state index in [1.807, 2.05) is 30.3 Å². The first-order valence-corrected chi connectivity index (χ1v) is 10.0. The number of likely N-dealkylation sites (tertiary alicyclic amines) is 1. The summed E-state index contributed by atoms with van der Waals surface area (Å²) >= 11 is 12.0. The van der Waals surface area contributed by atoms with Gasteiger partial charge in [0, 0.05) is 41.7 Å². The molecule has 0 aromatic heterocycles. The number of hydrogen-bond donors (Lipinski definition) is 1. The molecular weight excluding hydrogens is 395 g/mol. The zero-order chi connectivity index (χ0) is 19.9. The highest BCUT2D eigenvalue weighted by Gasteiger charge is 2.26. The molecule has 1 saturated heterocycles. The van der Waals surface area contributed by atoms with Gasteiger partial charge in [0.15, 0.2) is 0 Å². The fourth-order valence-electron chi connectivity index (χ4n) is 3.19. The molecular formula is C22H22Cl2N2O2. The number of piperidine rings is 1. The van der Waals surface area contributed by atoms with Gasteiger partial charge < -0.3 is 10.2 Å². The number of carbonyl (C=O) groups excluding carboxylic acids is 2. The number of halogens is 2. The molecule has 0 aliphatic carbocycles. The third kappa shape index (κ3) is 5.60. The van der Waals surface area contributed by atoms with Crippen molar-refractivity contribution in [3.05, 3.63) is 75.8 Å². The molecule has 1 aliphatic heterocycles. The Hall–Kier alpha value is -2.30. The maximum absolute atomic E-state index is 12.4. The lowest BCUT2D eigenvalue weighted by atomic mass is 9.95. The molecule has 1 fully saturated rings. The lowest BCUT2D eigenvalue weighted by Gasteiger charge is -2.30. The Morgan fingerprint density at radius 2 is 1.79 bits per heavy atom. The van der Waals surface area contributed by atoms with Crippen LogP contribution in [0.3, 0.4) is 0 Å². The second kappa shape index (κ2) is 9.76. The SMILES string of the molecule is O=C(NCc1ccccc1)C1CCN(C(=O)/C=C/c2ccc(Cl)cc2Cl)CC1. The number of benzene rings is 2. The highest BCUT2D eigenvalue weighted by molar-refractivity contribution is 6.35. The standard InChI is InChI=1S/C22H22Cl2N2O2/c23-19-8-6-17(20(24)14-19)7-9-21(27)26-12-10-18(11-13-26)22(28)25-15-16-4-2-1-3-5-16/h1-9,14,18H,10-13,15H2,(H,25,28)/b9-7+. The molecule has 0 saturated carbocycles. The Kier molecular flexibility index (Phi) is 7.12. The molecule has 6 heteroatoms. The van der Waals surface area contributed by atoms with Crippen molar-refractivity contribution < 1.29 is 9.59 Å². The predicted octanol–water partition coefficient (Wildman–Crippen LogP) is 4.56. The molecule has 0 spiro atoms. The first-order chi connectivity index (χ1) is 13.5. The van der Waals surface area contributed by atoms with Crippen LogP contribution in [0.2, 0.25) is 10.0 Å². The van der Waals surface area contributed by atoms with Gasteiger partial charge >= 0.3 is 0 Å². The third-order valence-electron chi connectivity index (χ3n) is 4.85. The van der Waals surface area contributed by atoms with Gasteiger partial charge in [0.1, 0.15) is 0 Å². The van der Waals surface area contributed by atoms with E-state index in [0.717, 1.165) is 11.1 Å². The summed E-state index contributed by atoms with van der Waals surface area (Å²) in [6.45, 7) is 1.67. The molecule has 1 heterocycles. The van der Waals surface area contributed by atoms with Crippen molar-refractivity contribution in [2.45, 2.75) is 19.4 Å². The van der Waals surface area contributed by atoms with Crippen molar-refractivity contribution in [3.8, 4) is 0 Å². The number of nitrogens with one attached hydrogen (secondary N) is 1. The van der Waals surface area contributed by atoms with Gasteiger partial charge in [-0.2, -0.15) is 0 Å². The van der Waals surface area contributed by atoms with Crippen LogP contribution in [-0.4, -0.2) is 29.8 Å². The fourth-order valence-corrected chi connectivity index (χ4v) is 3.67. The third-order valence-corrected chi connectivity index (χ3v) is 5.42. The van der Waals surface area contributed by atoms with Crippen LogP contribution in [0.5, 0.6) is 0 Å². The molecule has 146 valence electrons. The maximum atomic E-state index is 12.4. The van der Waals surface area contributed by atoms with E-state index < -0.39 is 0 Å². The van der Waals surface area contributed by atoms with E-state index >= 15 is 0 Å². The minimum absolute atomic E-state index is 0.0533. The van der Waals surface area contributed by atoms with Crippen LogP contribution in [-0.2, 0) is 16.1 Å². The number of hydrogen-bond acceptors (Lipinski definition) is 2. The van der Waals surface area contributed by atoms with Gasteiger partial charge in [-0.15, -0.1) is 0 Å². The van der Waals surface area contributed by atoms with Crippen LogP contribution >= 0.6 is 23.2 Å². The minimum atomic E-state index is -0.0749. The quantitative estimate of drug-likeness (QED) is 0.726. The highest BCUT2D eigenvalue weighted by Crippen LogP contribution is 2.23. The molecule has 0 atom stereocenters. The largest absolute Gasteiger partial charge is 0.352 e. The van der Waals surface area contributed by atoms with Crippen molar-refractivity contribution in [2.24, 2.45) is 5.92 Å². The Bertz CT molecular complexity index is 860. The summed E-state index contributed by atoms with van der Waals surface area (Å²) in [5, 5.41) is 4.05. The molecule has 2 aromatic rings. The van der Waals surface area contributed by atoms with E-state index in [1.165, 1.54) is 6.08 Å². The van der Waals surface area contributed by atoms with Gasteiger partial charge in [-0.25, -0.2) is 0 Å². The van der Waals surface area contributed by atoms with Crippen LogP contribution in [0.15, 0.2) is 54.6 Å². The Morgan fingerprint density at radius 3 is 2.46 bits per heavy atom. The van der Waals surface area contributed by atoms with E-state index in [1.54, 1.807) is 29.2 Å². The molecule has 2 aromatic carbocycles. The molecule has 0 unspecified atom stereocenters. The van der Waals surface area contributed by atoms with Crippen molar-refractivity contribution >= 4 is 41.1 Å². The Labute approximate surface area is 175 Å². The fraction of sp³-hybridized carbons (Fsp3) is 0.273. The predicted molar refractivity (Wildman–Crippen MR) is 113 cm³/mol. The van der Waals surface area contributed by atoms with E-state index in [0.29, 0.717) is 42.5 Å². The van der Waals surface area contributed by atoms with Crippen molar-refractivity contribution in [1.82, 2.24) is 10.2 Å². The summed E-state index contributed by atoms with van der Waals surface area (Å²) in [5.41, 5.74) is 1.82. The number of rotatable bonds is 5. The van der Waals surface area contributed by atoms with Crippen LogP contribution in [0.4, 0.5) is 0 Å². The number of carbonyl (C=O) groups is 2. The topological polar surface area (TPSA) is 49.4 Å².